The molecule has 2 aliphatic rings. The molecule has 5 heterocycles. The van der Waals surface area contributed by atoms with Gasteiger partial charge in [0.2, 0.25) is 5.88 Å². The zero-order chi connectivity index (χ0) is 20.9. The first-order valence-electron chi connectivity index (χ1n) is 10.4. The Labute approximate surface area is 174 Å². The summed E-state index contributed by atoms with van der Waals surface area (Å²) in [5, 5.41) is 20.6. The standard InChI is InChI=1S/C20H26N8O2/c1-20(2,3)19-23-22-15-5-6-16(25-28(15)19)26-11-13(12-26)10-21-18(29)14-9-17-27(24-14)7-4-8-30-17/h5-6,9,13H,4,7-8,10-12H2,1-3H3,(H,21,29). The van der Waals surface area contributed by atoms with Crippen LogP contribution < -0.4 is 15.0 Å². The maximum atomic E-state index is 12.4. The summed E-state index contributed by atoms with van der Waals surface area (Å²) in [6.45, 7) is 10.1. The monoisotopic (exact) mass is 410 g/mol. The summed E-state index contributed by atoms with van der Waals surface area (Å²) in [5.41, 5.74) is 1.03. The van der Waals surface area contributed by atoms with E-state index in [0.717, 1.165) is 43.3 Å². The predicted octanol–water partition coefficient (Wildman–Crippen LogP) is 1.27. The Bertz CT molecular complexity index is 1070. The number of carbonyl (C=O) groups is 1. The van der Waals surface area contributed by atoms with Gasteiger partial charge in [-0.2, -0.15) is 9.61 Å². The smallest absolute Gasteiger partial charge is 0.271 e. The largest absolute Gasteiger partial charge is 0.478 e. The molecular formula is C20H26N8O2. The molecule has 0 atom stereocenters. The molecule has 158 valence electrons. The van der Waals surface area contributed by atoms with Gasteiger partial charge >= 0.3 is 0 Å². The van der Waals surface area contributed by atoms with Crippen LogP contribution in [-0.4, -0.2) is 61.7 Å². The maximum absolute atomic E-state index is 12.4. The normalized spacial score (nSPS) is 16.8. The van der Waals surface area contributed by atoms with Gasteiger partial charge in [0.05, 0.1) is 6.61 Å². The number of anilines is 1. The number of amides is 1. The van der Waals surface area contributed by atoms with Gasteiger partial charge < -0.3 is 15.0 Å². The second-order valence-electron chi connectivity index (χ2n) is 9.01. The fraction of sp³-hybridized carbons (Fsp3) is 0.550. The van der Waals surface area contributed by atoms with E-state index in [1.807, 2.05) is 16.6 Å². The van der Waals surface area contributed by atoms with Crippen molar-refractivity contribution < 1.29 is 9.53 Å². The van der Waals surface area contributed by atoms with Crippen LogP contribution in [-0.2, 0) is 12.0 Å². The van der Waals surface area contributed by atoms with E-state index in [-0.39, 0.29) is 11.3 Å². The number of nitrogens with one attached hydrogen (secondary N) is 1. The minimum Gasteiger partial charge on any atom is -0.478 e. The van der Waals surface area contributed by atoms with Gasteiger partial charge in [-0.25, -0.2) is 4.68 Å². The molecule has 10 nitrogen and oxygen atoms in total. The Balaban J connectivity index is 1.18. The van der Waals surface area contributed by atoms with Crippen LogP contribution in [0.1, 0.15) is 43.5 Å². The zero-order valence-corrected chi connectivity index (χ0v) is 17.5. The van der Waals surface area contributed by atoms with Gasteiger partial charge in [0.1, 0.15) is 5.82 Å². The van der Waals surface area contributed by atoms with Crippen molar-refractivity contribution in [2.45, 2.75) is 39.2 Å². The average Bonchev–Trinajstić information content (AvgIpc) is 3.30. The molecule has 10 heteroatoms. The van der Waals surface area contributed by atoms with Crippen molar-refractivity contribution in [3.63, 3.8) is 0 Å². The molecule has 3 aromatic rings. The van der Waals surface area contributed by atoms with Crippen molar-refractivity contribution in [1.82, 2.24) is 34.9 Å². The molecule has 1 N–H and O–H groups in total. The van der Waals surface area contributed by atoms with Crippen LogP contribution in [0.5, 0.6) is 5.88 Å². The highest BCUT2D eigenvalue weighted by molar-refractivity contribution is 5.92. The second-order valence-corrected chi connectivity index (χ2v) is 9.01. The maximum Gasteiger partial charge on any atom is 0.271 e. The summed E-state index contributed by atoms with van der Waals surface area (Å²) < 4.78 is 9.10. The minimum atomic E-state index is -0.155. The molecule has 0 aromatic carbocycles. The molecule has 1 amide bonds. The number of ether oxygens (including phenoxy) is 1. The van der Waals surface area contributed by atoms with E-state index in [4.69, 9.17) is 9.84 Å². The van der Waals surface area contributed by atoms with Gasteiger partial charge in [-0.05, 0) is 12.1 Å². The lowest BCUT2D eigenvalue weighted by atomic mass is 9.96. The number of hydrogen-bond acceptors (Lipinski definition) is 7. The minimum absolute atomic E-state index is 0.135. The highest BCUT2D eigenvalue weighted by Gasteiger charge is 2.30. The topological polar surface area (TPSA) is 102 Å². The molecule has 3 aromatic heterocycles. The molecular weight excluding hydrogens is 384 g/mol. The number of aryl methyl sites for hydroxylation is 1. The Morgan fingerprint density at radius 2 is 2.07 bits per heavy atom. The van der Waals surface area contributed by atoms with Gasteiger partial charge in [0, 0.05) is 50.0 Å². The average molecular weight is 410 g/mol. The predicted molar refractivity (Wildman–Crippen MR) is 110 cm³/mol. The van der Waals surface area contributed by atoms with Gasteiger partial charge in [-0.1, -0.05) is 20.8 Å². The van der Waals surface area contributed by atoms with E-state index < -0.39 is 0 Å². The third-order valence-corrected chi connectivity index (χ3v) is 5.49. The summed E-state index contributed by atoms with van der Waals surface area (Å²) in [4.78, 5) is 14.6. The fourth-order valence-electron chi connectivity index (χ4n) is 3.81. The molecule has 30 heavy (non-hydrogen) atoms. The third-order valence-electron chi connectivity index (χ3n) is 5.49. The molecule has 0 saturated carbocycles. The summed E-state index contributed by atoms with van der Waals surface area (Å²) in [6.07, 6.45) is 0.917. The number of aromatic nitrogens is 6. The van der Waals surface area contributed by atoms with E-state index >= 15 is 0 Å². The number of fused-ring (bicyclic) bond motifs is 2. The highest BCUT2D eigenvalue weighted by Crippen LogP contribution is 2.25. The SMILES string of the molecule is CC(C)(C)c1nnc2ccc(N3CC(CNC(=O)c4cc5n(n4)CCCO5)C3)nn12. The van der Waals surface area contributed by atoms with E-state index in [1.54, 1.807) is 10.7 Å². The summed E-state index contributed by atoms with van der Waals surface area (Å²) in [6, 6.07) is 5.63. The summed E-state index contributed by atoms with van der Waals surface area (Å²) in [7, 11) is 0. The highest BCUT2D eigenvalue weighted by atomic mass is 16.5. The van der Waals surface area contributed by atoms with Crippen LogP contribution in [0.3, 0.4) is 0 Å². The van der Waals surface area contributed by atoms with Crippen LogP contribution in [0.25, 0.3) is 5.65 Å². The van der Waals surface area contributed by atoms with Crippen molar-refractivity contribution in [1.29, 1.82) is 0 Å². The first-order valence-corrected chi connectivity index (χ1v) is 10.4. The fourth-order valence-corrected chi connectivity index (χ4v) is 3.81. The Morgan fingerprint density at radius 3 is 2.83 bits per heavy atom. The van der Waals surface area contributed by atoms with Crippen LogP contribution >= 0.6 is 0 Å². The van der Waals surface area contributed by atoms with Crippen molar-refractivity contribution in [3.8, 4) is 5.88 Å². The number of carbonyl (C=O) groups excluding carboxylic acids is 1. The number of hydrogen-bond donors (Lipinski definition) is 1. The summed E-state index contributed by atoms with van der Waals surface area (Å²) in [5.74, 6) is 2.64. The molecule has 1 saturated heterocycles. The molecule has 1 fully saturated rings. The van der Waals surface area contributed by atoms with Crippen molar-refractivity contribution in [2.24, 2.45) is 5.92 Å². The van der Waals surface area contributed by atoms with Crippen molar-refractivity contribution >= 4 is 17.4 Å². The van der Waals surface area contributed by atoms with Gasteiger partial charge in [0.25, 0.3) is 5.91 Å². The Morgan fingerprint density at radius 1 is 1.23 bits per heavy atom. The van der Waals surface area contributed by atoms with Crippen LogP contribution in [0.2, 0.25) is 0 Å². The van der Waals surface area contributed by atoms with Crippen LogP contribution in [0, 0.1) is 5.92 Å². The van der Waals surface area contributed by atoms with Gasteiger partial charge in [0.15, 0.2) is 17.2 Å². The zero-order valence-electron chi connectivity index (χ0n) is 17.5. The lowest BCUT2D eigenvalue weighted by molar-refractivity contribution is 0.0938. The Kier molecular flexibility index (Phi) is 4.37. The Hall–Kier alpha value is -3.17. The third kappa shape index (κ3) is 3.35. The molecule has 0 radical (unpaired) electrons. The number of rotatable bonds is 4. The molecule has 2 aliphatic heterocycles. The first kappa shape index (κ1) is 18.8. The summed E-state index contributed by atoms with van der Waals surface area (Å²) >= 11 is 0. The van der Waals surface area contributed by atoms with Crippen molar-refractivity contribution in [2.75, 3.05) is 31.1 Å². The van der Waals surface area contributed by atoms with E-state index in [1.165, 1.54) is 0 Å². The van der Waals surface area contributed by atoms with E-state index in [2.05, 4.69) is 46.3 Å². The quantitative estimate of drug-likeness (QED) is 0.691. The van der Waals surface area contributed by atoms with Crippen LogP contribution in [0.4, 0.5) is 5.82 Å². The van der Waals surface area contributed by atoms with Gasteiger partial charge in [-0.3, -0.25) is 4.79 Å². The van der Waals surface area contributed by atoms with E-state index in [9.17, 15) is 4.79 Å². The lowest BCUT2D eigenvalue weighted by Crippen LogP contribution is -2.52. The van der Waals surface area contributed by atoms with E-state index in [0.29, 0.717) is 30.6 Å². The molecule has 0 aliphatic carbocycles. The number of nitrogens with zero attached hydrogens (tertiary/aromatic N) is 7. The van der Waals surface area contributed by atoms with Gasteiger partial charge in [-0.15, -0.1) is 15.3 Å². The van der Waals surface area contributed by atoms with Crippen LogP contribution in [0.15, 0.2) is 18.2 Å². The molecule has 0 unspecified atom stereocenters. The van der Waals surface area contributed by atoms with Crippen molar-refractivity contribution in [3.05, 3.63) is 29.7 Å². The molecule has 0 spiro atoms. The lowest BCUT2D eigenvalue weighted by Gasteiger charge is -2.40. The second kappa shape index (κ2) is 6.96. The molecule has 5 rings (SSSR count). The molecule has 0 bridgehead atoms. The first-order chi connectivity index (χ1) is 14.4.